The Labute approximate surface area is 148 Å². The average Bonchev–Trinajstić information content (AvgIpc) is 2.59. The molecule has 2 N–H and O–H groups in total. The van der Waals surface area contributed by atoms with E-state index in [0.29, 0.717) is 17.7 Å². The first-order chi connectivity index (χ1) is 11.8. The van der Waals surface area contributed by atoms with Gasteiger partial charge in [0.15, 0.2) is 0 Å². The zero-order valence-electron chi connectivity index (χ0n) is 15.1. The van der Waals surface area contributed by atoms with Crippen LogP contribution in [0, 0.1) is 0 Å². The summed E-state index contributed by atoms with van der Waals surface area (Å²) in [6.45, 7) is 6.82. The van der Waals surface area contributed by atoms with Gasteiger partial charge in [0.1, 0.15) is 0 Å². The summed E-state index contributed by atoms with van der Waals surface area (Å²) in [7, 11) is 1.62. The standard InChI is InChI=1S/C20H24N2O3/c1-20(2,3)17-11-9-16(10-12-17)19(24)22-21-18(23)15-7-5-14(6-8-15)13-25-4/h5-12H,13H2,1-4H3,(H,21,23)(H,22,24). The van der Waals surface area contributed by atoms with E-state index in [1.165, 1.54) is 0 Å². The number of carbonyl (C=O) groups is 2. The fraction of sp³-hybridized carbons (Fsp3) is 0.300. The lowest BCUT2D eigenvalue weighted by molar-refractivity contribution is 0.0846. The van der Waals surface area contributed by atoms with Crippen LogP contribution in [0.3, 0.4) is 0 Å². The van der Waals surface area contributed by atoms with Gasteiger partial charge in [-0.3, -0.25) is 20.4 Å². The quantitative estimate of drug-likeness (QED) is 0.840. The zero-order chi connectivity index (χ0) is 18.4. The lowest BCUT2D eigenvalue weighted by Gasteiger charge is -2.19. The van der Waals surface area contributed by atoms with Crippen molar-refractivity contribution in [2.45, 2.75) is 32.8 Å². The third-order valence-electron chi connectivity index (χ3n) is 3.83. The Morgan fingerprint density at radius 2 is 1.28 bits per heavy atom. The molecule has 0 aliphatic heterocycles. The molecule has 132 valence electrons. The number of hydrazine groups is 1. The first kappa shape index (κ1) is 18.7. The number of nitrogens with one attached hydrogen (secondary N) is 2. The Kier molecular flexibility index (Phi) is 5.93. The van der Waals surface area contributed by atoms with E-state index in [1.54, 1.807) is 31.4 Å². The van der Waals surface area contributed by atoms with E-state index in [9.17, 15) is 9.59 Å². The molecule has 5 heteroatoms. The number of benzene rings is 2. The Hall–Kier alpha value is -2.66. The van der Waals surface area contributed by atoms with Crippen LogP contribution in [0.4, 0.5) is 0 Å². The molecule has 0 saturated heterocycles. The first-order valence-electron chi connectivity index (χ1n) is 8.10. The van der Waals surface area contributed by atoms with Gasteiger partial charge >= 0.3 is 0 Å². The summed E-state index contributed by atoms with van der Waals surface area (Å²) < 4.78 is 5.03. The van der Waals surface area contributed by atoms with E-state index in [1.807, 2.05) is 24.3 Å². The Balaban J connectivity index is 1.93. The van der Waals surface area contributed by atoms with Crippen LogP contribution >= 0.6 is 0 Å². The summed E-state index contributed by atoms with van der Waals surface area (Å²) in [5.41, 5.74) is 7.95. The van der Waals surface area contributed by atoms with Crippen molar-refractivity contribution in [2.75, 3.05) is 7.11 Å². The molecular formula is C20H24N2O3. The summed E-state index contributed by atoms with van der Waals surface area (Å²) in [6.07, 6.45) is 0. The normalized spacial score (nSPS) is 11.0. The Bertz CT molecular complexity index is 729. The first-order valence-corrected chi connectivity index (χ1v) is 8.10. The van der Waals surface area contributed by atoms with Crippen molar-refractivity contribution < 1.29 is 14.3 Å². The maximum Gasteiger partial charge on any atom is 0.269 e. The lowest BCUT2D eigenvalue weighted by atomic mass is 9.87. The smallest absolute Gasteiger partial charge is 0.269 e. The summed E-state index contributed by atoms with van der Waals surface area (Å²) in [5.74, 6) is -0.728. The van der Waals surface area contributed by atoms with Gasteiger partial charge in [-0.15, -0.1) is 0 Å². The molecule has 25 heavy (non-hydrogen) atoms. The van der Waals surface area contributed by atoms with Crippen molar-refractivity contribution in [1.82, 2.24) is 10.9 Å². The van der Waals surface area contributed by atoms with E-state index in [4.69, 9.17) is 4.74 Å². The van der Waals surface area contributed by atoms with Crippen molar-refractivity contribution >= 4 is 11.8 Å². The van der Waals surface area contributed by atoms with Gasteiger partial charge in [-0.05, 0) is 40.8 Å². The molecule has 2 amide bonds. The minimum absolute atomic E-state index is 0.0260. The average molecular weight is 340 g/mol. The predicted molar refractivity (Wildman–Crippen MR) is 97.2 cm³/mol. The van der Waals surface area contributed by atoms with Gasteiger partial charge in [0.05, 0.1) is 6.61 Å². The van der Waals surface area contributed by atoms with Crippen molar-refractivity contribution in [3.05, 3.63) is 70.8 Å². The van der Waals surface area contributed by atoms with Gasteiger partial charge in [-0.2, -0.15) is 0 Å². The molecule has 0 aliphatic carbocycles. The number of carbonyl (C=O) groups excluding carboxylic acids is 2. The molecule has 2 rings (SSSR count). The van der Waals surface area contributed by atoms with Crippen molar-refractivity contribution in [2.24, 2.45) is 0 Å². The minimum atomic E-state index is -0.372. The van der Waals surface area contributed by atoms with Gasteiger partial charge in [-0.25, -0.2) is 0 Å². The second-order valence-corrected chi connectivity index (χ2v) is 6.87. The number of ether oxygens (including phenoxy) is 1. The summed E-state index contributed by atoms with van der Waals surface area (Å²) >= 11 is 0. The largest absolute Gasteiger partial charge is 0.380 e. The zero-order valence-corrected chi connectivity index (χ0v) is 15.1. The summed E-state index contributed by atoms with van der Waals surface area (Å²) in [4.78, 5) is 24.2. The van der Waals surface area contributed by atoms with Crippen molar-refractivity contribution in [3.8, 4) is 0 Å². The van der Waals surface area contributed by atoms with Gasteiger partial charge in [0.2, 0.25) is 0 Å². The maximum atomic E-state index is 12.1. The molecule has 5 nitrogen and oxygen atoms in total. The van der Waals surface area contributed by atoms with Crippen molar-refractivity contribution in [1.29, 1.82) is 0 Å². The molecule has 2 aromatic rings. The SMILES string of the molecule is COCc1ccc(C(=O)NNC(=O)c2ccc(C(C)(C)C)cc2)cc1. The van der Waals surface area contributed by atoms with Crippen LogP contribution < -0.4 is 10.9 Å². The maximum absolute atomic E-state index is 12.1. The molecular weight excluding hydrogens is 316 g/mol. The Morgan fingerprint density at radius 3 is 1.68 bits per heavy atom. The van der Waals surface area contributed by atoms with Gasteiger partial charge in [-0.1, -0.05) is 45.0 Å². The molecule has 0 saturated carbocycles. The highest BCUT2D eigenvalue weighted by atomic mass is 16.5. The minimum Gasteiger partial charge on any atom is -0.380 e. The van der Waals surface area contributed by atoms with Crippen LogP contribution in [0.2, 0.25) is 0 Å². The van der Waals surface area contributed by atoms with E-state index in [-0.39, 0.29) is 17.2 Å². The fourth-order valence-electron chi connectivity index (χ4n) is 2.30. The fourth-order valence-corrected chi connectivity index (χ4v) is 2.30. The highest BCUT2D eigenvalue weighted by Gasteiger charge is 2.14. The van der Waals surface area contributed by atoms with Crippen LogP contribution in [0.5, 0.6) is 0 Å². The predicted octanol–water partition coefficient (Wildman–Crippen LogP) is 3.21. The van der Waals surface area contributed by atoms with Crippen molar-refractivity contribution in [3.63, 3.8) is 0 Å². The topological polar surface area (TPSA) is 67.4 Å². The second-order valence-electron chi connectivity index (χ2n) is 6.87. The monoisotopic (exact) mass is 340 g/mol. The number of hydrogen-bond acceptors (Lipinski definition) is 3. The molecule has 0 unspecified atom stereocenters. The second kappa shape index (κ2) is 7.94. The van der Waals surface area contributed by atoms with Crippen LogP contribution in [0.1, 0.15) is 52.6 Å². The van der Waals surface area contributed by atoms with Gasteiger partial charge in [0.25, 0.3) is 11.8 Å². The molecule has 0 fully saturated rings. The molecule has 0 aliphatic rings. The molecule has 0 aromatic heterocycles. The van der Waals surface area contributed by atoms with E-state index < -0.39 is 0 Å². The van der Waals surface area contributed by atoms with E-state index in [2.05, 4.69) is 31.6 Å². The highest BCUT2D eigenvalue weighted by Crippen LogP contribution is 2.22. The van der Waals surface area contributed by atoms with Gasteiger partial charge in [0, 0.05) is 18.2 Å². The number of hydrogen-bond donors (Lipinski definition) is 2. The molecule has 0 bridgehead atoms. The molecule has 2 aromatic carbocycles. The van der Waals surface area contributed by atoms with Gasteiger partial charge < -0.3 is 4.74 Å². The molecule has 0 heterocycles. The third kappa shape index (κ3) is 5.16. The summed E-state index contributed by atoms with van der Waals surface area (Å²) in [5, 5.41) is 0. The number of rotatable bonds is 4. The van der Waals surface area contributed by atoms with Crippen LogP contribution in [0.15, 0.2) is 48.5 Å². The van der Waals surface area contributed by atoms with E-state index >= 15 is 0 Å². The lowest BCUT2D eigenvalue weighted by Crippen LogP contribution is -2.41. The van der Waals surface area contributed by atoms with E-state index in [0.717, 1.165) is 11.1 Å². The summed E-state index contributed by atoms with van der Waals surface area (Å²) in [6, 6.07) is 14.3. The third-order valence-corrected chi connectivity index (χ3v) is 3.83. The van der Waals surface area contributed by atoms with Crippen LogP contribution in [0.25, 0.3) is 0 Å². The number of amides is 2. The Morgan fingerprint density at radius 1 is 0.840 bits per heavy atom. The van der Waals surface area contributed by atoms with Crippen LogP contribution in [-0.2, 0) is 16.8 Å². The molecule has 0 spiro atoms. The number of methoxy groups -OCH3 is 1. The highest BCUT2D eigenvalue weighted by molar-refractivity contribution is 5.99. The van der Waals surface area contributed by atoms with Crippen LogP contribution in [-0.4, -0.2) is 18.9 Å². The molecule has 0 radical (unpaired) electrons. The molecule has 0 atom stereocenters.